The van der Waals surface area contributed by atoms with E-state index in [1.807, 2.05) is 11.2 Å². The minimum Gasteiger partial charge on any atom is -0.338 e. The van der Waals surface area contributed by atoms with Crippen LogP contribution in [-0.2, 0) is 9.59 Å². The molecule has 7 heteroatoms. The van der Waals surface area contributed by atoms with Crippen LogP contribution < -0.4 is 5.32 Å². The van der Waals surface area contributed by atoms with Crippen LogP contribution in [0.4, 0.5) is 4.79 Å². The van der Waals surface area contributed by atoms with Gasteiger partial charge in [-0.3, -0.25) is 14.5 Å². The zero-order valence-electron chi connectivity index (χ0n) is 15.6. The van der Waals surface area contributed by atoms with E-state index in [9.17, 15) is 14.4 Å². The van der Waals surface area contributed by atoms with Crippen molar-refractivity contribution in [3.05, 3.63) is 0 Å². The molecule has 2 bridgehead atoms. The van der Waals surface area contributed by atoms with Gasteiger partial charge in [0.25, 0.3) is 5.91 Å². The molecule has 3 rings (SSSR count). The van der Waals surface area contributed by atoms with E-state index in [1.54, 1.807) is 11.8 Å². The topological polar surface area (TPSA) is 69.7 Å². The number of carbonyl (C=O) groups excluding carboxylic acids is 3. The summed E-state index contributed by atoms with van der Waals surface area (Å²) in [6, 6.07) is -0.686. The maximum atomic E-state index is 12.9. The molecule has 2 heterocycles. The standard InChI is InChI=1S/C18H29N3O3S/c1-17(2)7-12-8-18(3,10-17)11-21(12)14(22)9-20-15(23)13(5-6-25-4)19-16(20)24/h12-13H,5-11H2,1-4H3,(H,19,24)/t12-,13+,18-/m1/s1. The second-order valence-corrected chi connectivity index (χ2v) is 9.93. The summed E-state index contributed by atoms with van der Waals surface area (Å²) in [4.78, 5) is 40.4. The Labute approximate surface area is 154 Å². The minimum absolute atomic E-state index is 0.0968. The number of amides is 4. The third-order valence-electron chi connectivity index (χ3n) is 5.75. The van der Waals surface area contributed by atoms with Gasteiger partial charge >= 0.3 is 6.03 Å². The number of nitrogens with one attached hydrogen (secondary N) is 1. The molecule has 0 radical (unpaired) electrons. The van der Waals surface area contributed by atoms with Gasteiger partial charge < -0.3 is 10.2 Å². The van der Waals surface area contributed by atoms with Crippen LogP contribution in [0.5, 0.6) is 0 Å². The maximum Gasteiger partial charge on any atom is 0.325 e. The van der Waals surface area contributed by atoms with E-state index in [4.69, 9.17) is 0 Å². The van der Waals surface area contributed by atoms with Crippen molar-refractivity contribution in [1.82, 2.24) is 15.1 Å². The fourth-order valence-electron chi connectivity index (χ4n) is 5.14. The molecule has 2 saturated heterocycles. The molecule has 4 amide bonds. The number of thioether (sulfide) groups is 1. The first kappa shape index (κ1) is 18.5. The molecule has 1 N–H and O–H groups in total. The van der Waals surface area contributed by atoms with E-state index < -0.39 is 12.1 Å². The number of hydrogen-bond donors (Lipinski definition) is 1. The van der Waals surface area contributed by atoms with Crippen LogP contribution in [-0.4, -0.2) is 64.8 Å². The lowest BCUT2D eigenvalue weighted by molar-refractivity contribution is -0.138. The summed E-state index contributed by atoms with van der Waals surface area (Å²) in [5, 5.41) is 2.70. The highest BCUT2D eigenvalue weighted by atomic mass is 32.2. The van der Waals surface area contributed by atoms with E-state index in [0.717, 1.165) is 36.5 Å². The number of carbonyl (C=O) groups is 3. The molecular formula is C18H29N3O3S. The largest absolute Gasteiger partial charge is 0.338 e. The molecule has 3 atom stereocenters. The number of urea groups is 1. The van der Waals surface area contributed by atoms with Gasteiger partial charge in [-0.1, -0.05) is 20.8 Å². The number of nitrogens with zero attached hydrogens (tertiary/aromatic N) is 2. The molecule has 0 aromatic rings. The number of likely N-dealkylation sites (tertiary alicyclic amines) is 1. The fourth-order valence-corrected chi connectivity index (χ4v) is 5.61. The van der Waals surface area contributed by atoms with Crippen molar-refractivity contribution in [2.24, 2.45) is 10.8 Å². The van der Waals surface area contributed by atoms with Crippen molar-refractivity contribution in [1.29, 1.82) is 0 Å². The predicted octanol–water partition coefficient (Wildman–Crippen LogP) is 2.09. The summed E-state index contributed by atoms with van der Waals surface area (Å²) < 4.78 is 0. The van der Waals surface area contributed by atoms with Gasteiger partial charge in [0.2, 0.25) is 5.91 Å². The molecule has 1 aliphatic carbocycles. The number of hydrogen-bond acceptors (Lipinski definition) is 4. The molecule has 0 spiro atoms. The van der Waals surface area contributed by atoms with Crippen LogP contribution >= 0.6 is 11.8 Å². The van der Waals surface area contributed by atoms with Crippen molar-refractivity contribution in [3.8, 4) is 0 Å². The highest BCUT2D eigenvalue weighted by Crippen LogP contribution is 2.52. The Hall–Kier alpha value is -1.24. The average Bonchev–Trinajstić information content (AvgIpc) is 2.91. The quantitative estimate of drug-likeness (QED) is 0.756. The Bertz CT molecular complexity index is 594. The van der Waals surface area contributed by atoms with Crippen LogP contribution in [0.25, 0.3) is 0 Å². The first-order valence-corrected chi connectivity index (χ1v) is 10.4. The van der Waals surface area contributed by atoms with Crippen LogP contribution in [0, 0.1) is 10.8 Å². The molecule has 3 aliphatic rings. The van der Waals surface area contributed by atoms with Gasteiger partial charge in [0.15, 0.2) is 0 Å². The molecule has 6 nitrogen and oxygen atoms in total. The van der Waals surface area contributed by atoms with Gasteiger partial charge in [0, 0.05) is 12.6 Å². The monoisotopic (exact) mass is 367 g/mol. The summed E-state index contributed by atoms with van der Waals surface area (Å²) in [7, 11) is 0. The Balaban J connectivity index is 1.65. The van der Waals surface area contributed by atoms with Crippen LogP contribution in [0.15, 0.2) is 0 Å². The molecule has 25 heavy (non-hydrogen) atoms. The predicted molar refractivity (Wildman–Crippen MR) is 98.3 cm³/mol. The highest BCUT2D eigenvalue weighted by Gasteiger charge is 2.51. The second-order valence-electron chi connectivity index (χ2n) is 8.94. The van der Waals surface area contributed by atoms with Crippen molar-refractivity contribution in [2.75, 3.05) is 25.1 Å². The van der Waals surface area contributed by atoms with E-state index in [0.29, 0.717) is 6.42 Å². The minimum atomic E-state index is -0.484. The van der Waals surface area contributed by atoms with Crippen LogP contribution in [0.2, 0.25) is 0 Å². The smallest absolute Gasteiger partial charge is 0.325 e. The number of rotatable bonds is 5. The molecular weight excluding hydrogens is 338 g/mol. The third kappa shape index (κ3) is 3.66. The Morgan fingerprint density at radius 3 is 2.68 bits per heavy atom. The van der Waals surface area contributed by atoms with Crippen molar-refractivity contribution >= 4 is 29.6 Å². The molecule has 2 aliphatic heterocycles. The third-order valence-corrected chi connectivity index (χ3v) is 6.39. The molecule has 140 valence electrons. The molecule has 3 fully saturated rings. The Kier molecular flexibility index (Phi) is 4.81. The van der Waals surface area contributed by atoms with Crippen molar-refractivity contribution in [2.45, 2.75) is 58.5 Å². The normalized spacial score (nSPS) is 33.8. The van der Waals surface area contributed by atoms with Gasteiger partial charge in [-0.2, -0.15) is 11.8 Å². The van der Waals surface area contributed by atoms with Gasteiger partial charge in [0.1, 0.15) is 12.6 Å². The van der Waals surface area contributed by atoms with Crippen LogP contribution in [0.1, 0.15) is 46.5 Å². The van der Waals surface area contributed by atoms with E-state index in [2.05, 4.69) is 26.1 Å². The first-order chi connectivity index (χ1) is 11.6. The Morgan fingerprint density at radius 1 is 1.28 bits per heavy atom. The van der Waals surface area contributed by atoms with Gasteiger partial charge in [-0.15, -0.1) is 0 Å². The highest BCUT2D eigenvalue weighted by molar-refractivity contribution is 7.98. The maximum absolute atomic E-state index is 12.9. The molecule has 0 aromatic heterocycles. The molecule has 0 unspecified atom stereocenters. The van der Waals surface area contributed by atoms with E-state index in [1.165, 1.54) is 0 Å². The fraction of sp³-hybridized carbons (Fsp3) is 0.833. The SMILES string of the molecule is CSCC[C@@H]1NC(=O)N(CC(=O)N2C[C@]3(C)C[C@H]2CC(C)(C)C3)C1=O. The number of imide groups is 1. The zero-order chi connectivity index (χ0) is 18.4. The lowest BCUT2D eigenvalue weighted by Gasteiger charge is -2.39. The lowest BCUT2D eigenvalue weighted by atomic mass is 9.65. The van der Waals surface area contributed by atoms with Gasteiger partial charge in [-0.05, 0) is 48.5 Å². The number of fused-ring (bicyclic) bond motifs is 2. The second kappa shape index (κ2) is 6.49. The van der Waals surface area contributed by atoms with Crippen molar-refractivity contribution < 1.29 is 14.4 Å². The summed E-state index contributed by atoms with van der Waals surface area (Å²) in [6.07, 6.45) is 5.70. The first-order valence-electron chi connectivity index (χ1n) is 9.04. The van der Waals surface area contributed by atoms with Crippen molar-refractivity contribution in [3.63, 3.8) is 0 Å². The van der Waals surface area contributed by atoms with Gasteiger partial charge in [-0.25, -0.2) is 4.79 Å². The summed E-state index contributed by atoms with van der Waals surface area (Å²) in [5.41, 5.74) is 0.386. The van der Waals surface area contributed by atoms with E-state index in [-0.39, 0.29) is 35.2 Å². The van der Waals surface area contributed by atoms with Gasteiger partial charge in [0.05, 0.1) is 0 Å². The summed E-state index contributed by atoms with van der Waals surface area (Å²) in [6.45, 7) is 7.38. The lowest BCUT2D eigenvalue weighted by Crippen LogP contribution is -2.45. The molecule has 1 saturated carbocycles. The molecule has 0 aromatic carbocycles. The Morgan fingerprint density at radius 2 is 2.00 bits per heavy atom. The zero-order valence-corrected chi connectivity index (χ0v) is 16.4. The average molecular weight is 368 g/mol. The summed E-state index contributed by atoms with van der Waals surface area (Å²) in [5.74, 6) is 0.446. The van der Waals surface area contributed by atoms with Crippen LogP contribution in [0.3, 0.4) is 0 Å². The van der Waals surface area contributed by atoms with E-state index >= 15 is 0 Å². The summed E-state index contributed by atoms with van der Waals surface area (Å²) >= 11 is 1.64.